The van der Waals surface area contributed by atoms with Gasteiger partial charge in [0.2, 0.25) is 23.6 Å². The van der Waals surface area contributed by atoms with Gasteiger partial charge in [-0.05, 0) is 25.7 Å². The van der Waals surface area contributed by atoms with Gasteiger partial charge >= 0.3 is 5.97 Å². The lowest BCUT2D eigenvalue weighted by Gasteiger charge is -2.35. The first-order valence-corrected chi connectivity index (χ1v) is 12.6. The molecule has 2 fully saturated rings. The fourth-order valence-electron chi connectivity index (χ4n) is 4.53. The number of likely N-dealkylation sites (N-methyl/N-ethyl adjacent to an activating group) is 2. The Morgan fingerprint density at radius 2 is 1.70 bits per heavy atom. The Morgan fingerprint density at radius 1 is 1.03 bits per heavy atom. The average Bonchev–Trinajstić information content (AvgIpc) is 3.34. The van der Waals surface area contributed by atoms with E-state index >= 15 is 0 Å². The molecule has 206 valence electrons. The molecule has 1 unspecified atom stereocenters. The summed E-state index contributed by atoms with van der Waals surface area (Å²) in [6, 6.07) is -2.56. The van der Waals surface area contributed by atoms with Crippen molar-refractivity contribution in [3.63, 3.8) is 0 Å². The van der Waals surface area contributed by atoms with E-state index in [0.29, 0.717) is 19.4 Å². The topological polar surface area (TPSA) is 145 Å². The maximum atomic E-state index is 13.3. The zero-order valence-corrected chi connectivity index (χ0v) is 22.3. The molecule has 12 heteroatoms. The molecule has 37 heavy (non-hydrogen) atoms. The number of nitrogens with one attached hydrogen (secondary N) is 2. The van der Waals surface area contributed by atoms with Gasteiger partial charge in [-0.3, -0.25) is 28.8 Å². The number of carbonyl (C=O) groups excluding carboxylic acids is 6. The third-order valence-corrected chi connectivity index (χ3v) is 6.81. The molecule has 0 aromatic heterocycles. The van der Waals surface area contributed by atoms with Gasteiger partial charge in [-0.15, -0.1) is 6.58 Å². The second-order valence-corrected chi connectivity index (χ2v) is 9.77. The van der Waals surface area contributed by atoms with Gasteiger partial charge in [-0.2, -0.15) is 0 Å². The number of nitrogens with zero attached hydrogens (tertiary/aromatic N) is 3. The van der Waals surface area contributed by atoms with Gasteiger partial charge in [0, 0.05) is 33.6 Å². The Hall–Kier alpha value is -3.44. The molecule has 0 spiro atoms. The van der Waals surface area contributed by atoms with E-state index in [1.165, 1.54) is 34.9 Å². The van der Waals surface area contributed by atoms with Crippen molar-refractivity contribution in [3.05, 3.63) is 12.7 Å². The standard InChI is InChI=1S/C25H39N5O7/c1-7-9-18-24(35)30-13-8-10-17(30)23(34)27-14-19(31)29(6)21(15(2)3)25(36)28(5)16(4)22(33)26-12-11-20(32)37-18/h7,15-18,21H,1,8-14H2,2-6H3,(H,26,33)(H,27,34)/t16-,17-,18?,21-/m0/s1. The van der Waals surface area contributed by atoms with Crippen LogP contribution in [0.1, 0.15) is 46.5 Å². The van der Waals surface area contributed by atoms with Crippen molar-refractivity contribution in [2.45, 2.75) is 70.7 Å². The molecule has 0 bridgehead atoms. The Balaban J connectivity index is 2.35. The summed E-state index contributed by atoms with van der Waals surface area (Å²) in [6.45, 7) is 8.61. The van der Waals surface area contributed by atoms with Crippen LogP contribution in [0.15, 0.2) is 12.7 Å². The van der Waals surface area contributed by atoms with Crippen LogP contribution in [-0.2, 0) is 33.5 Å². The molecule has 4 atom stereocenters. The number of hydrogen-bond donors (Lipinski definition) is 2. The lowest BCUT2D eigenvalue weighted by atomic mass is 10.0. The van der Waals surface area contributed by atoms with Gasteiger partial charge < -0.3 is 30.1 Å². The zero-order chi connectivity index (χ0) is 27.9. The SMILES string of the molecule is C=CCC1OC(=O)CCNC(=O)[C@H](C)N(C)C(=O)[C@H](C(C)C)N(C)C(=O)CNC(=O)[C@@H]2CCCN2C1=O. The van der Waals surface area contributed by atoms with Crippen LogP contribution in [0.2, 0.25) is 0 Å². The molecule has 2 heterocycles. The average molecular weight is 522 g/mol. The lowest BCUT2D eigenvalue weighted by Crippen LogP contribution is -2.57. The second-order valence-electron chi connectivity index (χ2n) is 9.77. The maximum Gasteiger partial charge on any atom is 0.308 e. The van der Waals surface area contributed by atoms with Crippen molar-refractivity contribution < 1.29 is 33.5 Å². The molecule has 2 aliphatic rings. The van der Waals surface area contributed by atoms with Crippen LogP contribution < -0.4 is 10.6 Å². The third-order valence-electron chi connectivity index (χ3n) is 6.81. The van der Waals surface area contributed by atoms with Crippen LogP contribution in [-0.4, -0.2) is 108 Å². The molecule has 2 aliphatic heterocycles. The van der Waals surface area contributed by atoms with E-state index in [1.807, 2.05) is 0 Å². The molecular weight excluding hydrogens is 482 g/mol. The predicted octanol–water partition coefficient (Wildman–Crippen LogP) is -0.569. The molecule has 0 aromatic rings. The number of rotatable bonds is 3. The monoisotopic (exact) mass is 521 g/mol. The smallest absolute Gasteiger partial charge is 0.308 e. The minimum Gasteiger partial charge on any atom is -0.452 e. The Bertz CT molecular complexity index is 921. The maximum absolute atomic E-state index is 13.3. The molecule has 2 N–H and O–H groups in total. The summed E-state index contributed by atoms with van der Waals surface area (Å²) in [4.78, 5) is 81.3. The van der Waals surface area contributed by atoms with Gasteiger partial charge in [-0.1, -0.05) is 19.9 Å². The van der Waals surface area contributed by atoms with E-state index in [-0.39, 0.29) is 31.8 Å². The second kappa shape index (κ2) is 13.2. The van der Waals surface area contributed by atoms with Crippen molar-refractivity contribution in [1.82, 2.24) is 25.3 Å². The van der Waals surface area contributed by atoms with Crippen LogP contribution in [0.25, 0.3) is 0 Å². The highest BCUT2D eigenvalue weighted by Crippen LogP contribution is 2.21. The summed E-state index contributed by atoms with van der Waals surface area (Å²) in [5, 5.41) is 5.19. The van der Waals surface area contributed by atoms with Crippen LogP contribution >= 0.6 is 0 Å². The predicted molar refractivity (Wildman–Crippen MR) is 134 cm³/mol. The molecule has 5 amide bonds. The number of hydrogen-bond acceptors (Lipinski definition) is 7. The van der Waals surface area contributed by atoms with E-state index in [2.05, 4.69) is 17.2 Å². The third kappa shape index (κ3) is 7.30. The minimum atomic E-state index is -1.15. The molecule has 0 aliphatic carbocycles. The van der Waals surface area contributed by atoms with E-state index in [1.54, 1.807) is 20.8 Å². The zero-order valence-electron chi connectivity index (χ0n) is 22.3. The number of carbonyl (C=O) groups is 6. The normalized spacial score (nSPS) is 27.7. The number of esters is 1. The number of cyclic esters (lactones) is 1. The molecule has 0 aromatic carbocycles. The van der Waals surface area contributed by atoms with Crippen molar-refractivity contribution in [2.24, 2.45) is 5.92 Å². The first-order chi connectivity index (χ1) is 17.4. The van der Waals surface area contributed by atoms with Crippen molar-refractivity contribution in [2.75, 3.05) is 33.7 Å². The van der Waals surface area contributed by atoms with E-state index in [0.717, 1.165) is 0 Å². The van der Waals surface area contributed by atoms with E-state index in [4.69, 9.17) is 4.74 Å². The summed E-state index contributed by atoms with van der Waals surface area (Å²) in [5.74, 6) is -3.38. The lowest BCUT2D eigenvalue weighted by molar-refractivity contribution is -0.161. The van der Waals surface area contributed by atoms with Crippen molar-refractivity contribution in [1.29, 1.82) is 0 Å². The molecule has 2 rings (SSSR count). The van der Waals surface area contributed by atoms with Gasteiger partial charge in [0.15, 0.2) is 6.10 Å². The number of ether oxygens (including phenoxy) is 1. The molecule has 0 saturated carbocycles. The molecule has 12 nitrogen and oxygen atoms in total. The molecule has 0 radical (unpaired) electrons. The summed E-state index contributed by atoms with van der Waals surface area (Å²) in [6.07, 6.45) is 1.15. The molecule has 2 saturated heterocycles. The highest BCUT2D eigenvalue weighted by atomic mass is 16.5. The fraction of sp³-hybridized carbons (Fsp3) is 0.680. The Labute approximate surface area is 217 Å². The Morgan fingerprint density at radius 3 is 2.32 bits per heavy atom. The van der Waals surface area contributed by atoms with Gasteiger partial charge in [-0.25, -0.2) is 0 Å². The minimum absolute atomic E-state index is 0.0558. The van der Waals surface area contributed by atoms with Gasteiger partial charge in [0.25, 0.3) is 5.91 Å². The van der Waals surface area contributed by atoms with Gasteiger partial charge in [0.05, 0.1) is 13.0 Å². The molecular formula is C25H39N5O7. The van der Waals surface area contributed by atoms with Crippen LogP contribution in [0, 0.1) is 5.92 Å². The first-order valence-electron chi connectivity index (χ1n) is 12.6. The summed E-state index contributed by atoms with van der Waals surface area (Å²) in [7, 11) is 2.95. The van der Waals surface area contributed by atoms with E-state index < -0.39 is 59.7 Å². The fourth-order valence-corrected chi connectivity index (χ4v) is 4.53. The first kappa shape index (κ1) is 29.8. The number of amides is 5. The van der Waals surface area contributed by atoms with Crippen molar-refractivity contribution >= 4 is 35.5 Å². The summed E-state index contributed by atoms with van der Waals surface area (Å²) >= 11 is 0. The largest absolute Gasteiger partial charge is 0.452 e. The van der Waals surface area contributed by atoms with Crippen molar-refractivity contribution in [3.8, 4) is 0 Å². The summed E-state index contributed by atoms with van der Waals surface area (Å²) in [5.41, 5.74) is 0. The van der Waals surface area contributed by atoms with E-state index in [9.17, 15) is 28.8 Å². The highest BCUT2D eigenvalue weighted by Gasteiger charge is 2.39. The quantitative estimate of drug-likeness (QED) is 0.374. The van der Waals surface area contributed by atoms with Crippen LogP contribution in [0.5, 0.6) is 0 Å². The number of fused-ring (bicyclic) bond motifs is 1. The van der Waals surface area contributed by atoms with Gasteiger partial charge in [0.1, 0.15) is 18.1 Å². The van der Waals surface area contributed by atoms with Crippen LogP contribution in [0.3, 0.4) is 0 Å². The van der Waals surface area contributed by atoms with Crippen LogP contribution in [0.4, 0.5) is 0 Å². The highest BCUT2D eigenvalue weighted by molar-refractivity contribution is 5.95. The Kier molecular flexibility index (Phi) is 10.6. The summed E-state index contributed by atoms with van der Waals surface area (Å²) < 4.78 is 5.37.